The van der Waals surface area contributed by atoms with Gasteiger partial charge in [0.15, 0.2) is 5.82 Å². The monoisotopic (exact) mass is 436 g/mol. The van der Waals surface area contributed by atoms with E-state index in [0.717, 1.165) is 48.4 Å². The molecule has 1 aromatic carbocycles. The lowest BCUT2D eigenvalue weighted by Crippen LogP contribution is -2.15. The van der Waals surface area contributed by atoms with Crippen molar-refractivity contribution in [1.29, 1.82) is 0 Å². The number of aromatic nitrogens is 2. The van der Waals surface area contributed by atoms with Crippen LogP contribution in [0.2, 0.25) is 0 Å². The molecule has 0 spiro atoms. The van der Waals surface area contributed by atoms with Crippen LogP contribution >= 0.6 is 0 Å². The molecule has 0 amide bonds. The largest absolute Gasteiger partial charge is 0.494 e. The van der Waals surface area contributed by atoms with Crippen molar-refractivity contribution < 1.29 is 4.74 Å². The average Bonchev–Trinajstić information content (AvgIpc) is 2.84. The summed E-state index contributed by atoms with van der Waals surface area (Å²) in [4.78, 5) is 9.13. The van der Waals surface area contributed by atoms with Gasteiger partial charge >= 0.3 is 0 Å². The zero-order chi connectivity index (χ0) is 22.6. The summed E-state index contributed by atoms with van der Waals surface area (Å²) in [6.45, 7) is 7.61. The Morgan fingerprint density at radius 1 is 0.875 bits per heavy atom. The molecule has 1 aliphatic carbocycles. The van der Waals surface area contributed by atoms with Crippen molar-refractivity contribution in [2.75, 3.05) is 6.61 Å². The van der Waals surface area contributed by atoms with E-state index in [1.807, 2.05) is 24.5 Å². The molecule has 0 aliphatic heterocycles. The van der Waals surface area contributed by atoms with Crippen LogP contribution < -0.4 is 4.74 Å². The first-order valence-corrected chi connectivity index (χ1v) is 13.2. The molecule has 1 aromatic heterocycles. The minimum Gasteiger partial charge on any atom is -0.494 e. The minimum atomic E-state index is 0.673. The number of benzene rings is 1. The molecule has 32 heavy (non-hydrogen) atoms. The van der Waals surface area contributed by atoms with Crippen LogP contribution in [0.4, 0.5) is 0 Å². The van der Waals surface area contributed by atoms with Gasteiger partial charge < -0.3 is 4.74 Å². The molecular formula is C29H44N2O. The van der Waals surface area contributed by atoms with Crippen LogP contribution in [-0.2, 0) is 6.42 Å². The van der Waals surface area contributed by atoms with Gasteiger partial charge in [0.1, 0.15) is 5.75 Å². The summed E-state index contributed by atoms with van der Waals surface area (Å²) in [5, 5.41) is 0. The number of unbranched alkanes of at least 4 members (excludes halogenated alkanes) is 2. The normalized spacial score (nSPS) is 19.6. The van der Waals surface area contributed by atoms with Gasteiger partial charge in [-0.2, -0.15) is 0 Å². The molecule has 1 saturated carbocycles. The third-order valence-electron chi connectivity index (χ3n) is 7.31. The highest BCUT2D eigenvalue weighted by Gasteiger charge is 2.20. The van der Waals surface area contributed by atoms with E-state index in [1.165, 1.54) is 69.8 Å². The van der Waals surface area contributed by atoms with Crippen LogP contribution in [0.5, 0.6) is 5.75 Å². The maximum atomic E-state index is 6.01. The summed E-state index contributed by atoms with van der Waals surface area (Å²) < 4.78 is 6.01. The van der Waals surface area contributed by atoms with Gasteiger partial charge in [0.2, 0.25) is 0 Å². The van der Waals surface area contributed by atoms with Crippen LogP contribution in [0.3, 0.4) is 0 Å². The molecule has 0 unspecified atom stereocenters. The SMILES string of the molecule is CCCCC[C@H]1CC[C@H](CCCOc2ccc(-c3ncc(C[C@@H](C)CC)cn3)cc2)CC1. The van der Waals surface area contributed by atoms with E-state index in [4.69, 9.17) is 4.74 Å². The smallest absolute Gasteiger partial charge is 0.159 e. The molecular weight excluding hydrogens is 392 g/mol. The first-order chi connectivity index (χ1) is 15.7. The second-order valence-electron chi connectivity index (χ2n) is 10.0. The third kappa shape index (κ3) is 8.22. The topological polar surface area (TPSA) is 35.0 Å². The van der Waals surface area contributed by atoms with Gasteiger partial charge in [0, 0.05) is 18.0 Å². The standard InChI is InChI=1S/C29H44N2O/c1-4-6-7-9-24-11-13-25(14-12-24)10-8-19-32-28-17-15-27(16-18-28)29-30-21-26(22-31-29)20-23(3)5-2/h15-18,21-25H,4-14,19-20H2,1-3H3/t23-,24-,25-/m0/s1. The Labute approximate surface area is 196 Å². The van der Waals surface area contributed by atoms with Gasteiger partial charge in [-0.15, -0.1) is 0 Å². The van der Waals surface area contributed by atoms with Gasteiger partial charge in [0.25, 0.3) is 0 Å². The molecule has 3 rings (SSSR count). The number of rotatable bonds is 13. The Morgan fingerprint density at radius 2 is 1.50 bits per heavy atom. The number of hydrogen-bond donors (Lipinski definition) is 0. The summed E-state index contributed by atoms with van der Waals surface area (Å²) in [5.41, 5.74) is 2.26. The predicted octanol–water partition coefficient (Wildman–Crippen LogP) is 8.28. The lowest BCUT2D eigenvalue weighted by atomic mass is 9.78. The minimum absolute atomic E-state index is 0.673. The highest BCUT2D eigenvalue weighted by Crippen LogP contribution is 2.34. The molecule has 1 heterocycles. The summed E-state index contributed by atoms with van der Waals surface area (Å²) in [5.74, 6) is 4.33. The van der Waals surface area contributed by atoms with Crippen molar-refractivity contribution in [3.63, 3.8) is 0 Å². The first-order valence-electron chi connectivity index (χ1n) is 13.2. The Bertz CT molecular complexity index is 748. The van der Waals surface area contributed by atoms with Gasteiger partial charge in [-0.1, -0.05) is 78.6 Å². The van der Waals surface area contributed by atoms with Crippen LogP contribution in [0.15, 0.2) is 36.7 Å². The summed E-state index contributed by atoms with van der Waals surface area (Å²) in [6.07, 6.45) is 20.1. The summed E-state index contributed by atoms with van der Waals surface area (Å²) in [7, 11) is 0. The van der Waals surface area contributed by atoms with E-state index < -0.39 is 0 Å². The van der Waals surface area contributed by atoms with Crippen molar-refractivity contribution in [1.82, 2.24) is 9.97 Å². The second kappa shape index (κ2) is 13.6. The van der Waals surface area contributed by atoms with E-state index in [-0.39, 0.29) is 0 Å². The van der Waals surface area contributed by atoms with Crippen LogP contribution in [0.25, 0.3) is 11.4 Å². The van der Waals surface area contributed by atoms with Gasteiger partial charge in [-0.05, 0) is 66.8 Å². The van der Waals surface area contributed by atoms with Crippen molar-refractivity contribution in [3.8, 4) is 17.1 Å². The van der Waals surface area contributed by atoms with E-state index in [2.05, 4.69) is 42.9 Å². The molecule has 0 saturated heterocycles. The molecule has 2 aromatic rings. The van der Waals surface area contributed by atoms with Crippen molar-refractivity contribution in [2.45, 2.75) is 97.8 Å². The fraction of sp³-hybridized carbons (Fsp3) is 0.655. The zero-order valence-electron chi connectivity index (χ0n) is 20.7. The van der Waals surface area contributed by atoms with Crippen LogP contribution in [-0.4, -0.2) is 16.6 Å². The molecule has 3 heteroatoms. The van der Waals surface area contributed by atoms with E-state index in [1.54, 1.807) is 0 Å². The number of nitrogens with zero attached hydrogens (tertiary/aromatic N) is 2. The van der Waals surface area contributed by atoms with E-state index >= 15 is 0 Å². The molecule has 1 fully saturated rings. The zero-order valence-corrected chi connectivity index (χ0v) is 20.7. The van der Waals surface area contributed by atoms with E-state index in [9.17, 15) is 0 Å². The molecule has 3 nitrogen and oxygen atoms in total. The maximum Gasteiger partial charge on any atom is 0.159 e. The first kappa shape index (κ1) is 24.7. The van der Waals surface area contributed by atoms with Crippen molar-refractivity contribution >= 4 is 0 Å². The van der Waals surface area contributed by atoms with Crippen LogP contribution in [0, 0.1) is 17.8 Å². The average molecular weight is 437 g/mol. The maximum absolute atomic E-state index is 6.01. The summed E-state index contributed by atoms with van der Waals surface area (Å²) >= 11 is 0. The molecule has 0 bridgehead atoms. The Morgan fingerprint density at radius 3 is 2.09 bits per heavy atom. The highest BCUT2D eigenvalue weighted by atomic mass is 16.5. The molecule has 0 radical (unpaired) electrons. The summed E-state index contributed by atoms with van der Waals surface area (Å²) in [6, 6.07) is 8.23. The lowest BCUT2D eigenvalue weighted by Gasteiger charge is -2.28. The van der Waals surface area contributed by atoms with Crippen molar-refractivity contribution in [3.05, 3.63) is 42.2 Å². The van der Waals surface area contributed by atoms with Gasteiger partial charge in [-0.3, -0.25) is 0 Å². The fourth-order valence-electron chi connectivity index (χ4n) is 4.91. The van der Waals surface area contributed by atoms with E-state index in [0.29, 0.717) is 5.92 Å². The quantitative estimate of drug-likeness (QED) is 0.296. The Hall–Kier alpha value is -1.90. The fourth-order valence-corrected chi connectivity index (χ4v) is 4.91. The predicted molar refractivity (Wildman–Crippen MR) is 135 cm³/mol. The Balaban J connectivity index is 1.34. The van der Waals surface area contributed by atoms with Gasteiger partial charge in [-0.25, -0.2) is 9.97 Å². The number of hydrogen-bond acceptors (Lipinski definition) is 3. The second-order valence-corrected chi connectivity index (χ2v) is 10.0. The third-order valence-corrected chi connectivity index (χ3v) is 7.31. The van der Waals surface area contributed by atoms with Crippen LogP contribution in [0.1, 0.15) is 97.0 Å². The van der Waals surface area contributed by atoms with Crippen molar-refractivity contribution in [2.24, 2.45) is 17.8 Å². The number of ether oxygens (including phenoxy) is 1. The molecule has 1 atom stereocenters. The molecule has 176 valence electrons. The highest BCUT2D eigenvalue weighted by molar-refractivity contribution is 5.55. The molecule has 1 aliphatic rings. The Kier molecular flexibility index (Phi) is 10.5. The lowest BCUT2D eigenvalue weighted by molar-refractivity contribution is 0.228. The van der Waals surface area contributed by atoms with Gasteiger partial charge in [0.05, 0.1) is 6.61 Å². The molecule has 0 N–H and O–H groups in total.